The average molecular weight is 257 g/mol. The summed E-state index contributed by atoms with van der Waals surface area (Å²) in [6.07, 6.45) is 5.61. The van der Waals surface area contributed by atoms with Crippen molar-refractivity contribution in [2.24, 2.45) is 0 Å². The second-order valence-corrected chi connectivity index (χ2v) is 4.54. The molecule has 1 rings (SSSR count). The van der Waals surface area contributed by atoms with Crippen LogP contribution in [-0.2, 0) is 0 Å². The highest BCUT2D eigenvalue weighted by atomic mass is 32.2. The highest BCUT2D eigenvalue weighted by Crippen LogP contribution is 2.23. The lowest BCUT2D eigenvalue weighted by Crippen LogP contribution is -2.16. The maximum absolute atomic E-state index is 11.3. The van der Waals surface area contributed by atoms with Crippen LogP contribution in [0.3, 0.4) is 0 Å². The minimum atomic E-state index is -0.118. The van der Waals surface area contributed by atoms with Crippen LogP contribution in [0, 0.1) is 12.3 Å². The van der Waals surface area contributed by atoms with Crippen molar-refractivity contribution < 1.29 is 9.53 Å². The van der Waals surface area contributed by atoms with Crippen molar-refractivity contribution in [2.45, 2.75) is 11.6 Å². The monoisotopic (exact) mass is 257 g/mol. The largest absolute Gasteiger partial charge is 0.468 e. The molecule has 1 aromatic heterocycles. The zero-order valence-corrected chi connectivity index (χ0v) is 10.6. The Balaban J connectivity index is 2.46. The van der Waals surface area contributed by atoms with Gasteiger partial charge in [0, 0.05) is 43.8 Å². The number of hydrogen-bond donors (Lipinski definition) is 0. The van der Waals surface area contributed by atoms with Gasteiger partial charge in [-0.1, -0.05) is 0 Å². The van der Waals surface area contributed by atoms with E-state index in [2.05, 4.69) is 15.3 Å². The third kappa shape index (κ3) is 4.08. The van der Waals surface area contributed by atoms with E-state index in [-0.39, 0.29) is 5.24 Å². The van der Waals surface area contributed by atoms with Gasteiger partial charge in [0.25, 0.3) is 10.4 Å². The molecule has 0 aromatic carbocycles. The lowest BCUT2D eigenvalue weighted by Gasteiger charge is -2.06. The maximum Gasteiger partial charge on any atom is 0.294 e. The molecule has 0 fully saturated rings. The number of terminal acetylenes is 1. The van der Waals surface area contributed by atoms with E-state index in [1.807, 2.05) is 0 Å². The fraction of sp³-hybridized carbons (Fsp3) is 0.444. The van der Waals surface area contributed by atoms with Crippen LogP contribution in [0.2, 0.25) is 0 Å². The Morgan fingerprint density at radius 3 is 3.06 bits per heavy atom. The van der Waals surface area contributed by atoms with Crippen LogP contribution in [0.15, 0.2) is 5.16 Å². The number of amides is 1. The van der Waals surface area contributed by atoms with Crippen molar-refractivity contribution in [1.82, 2.24) is 14.3 Å². The van der Waals surface area contributed by atoms with Gasteiger partial charge in [-0.25, -0.2) is 0 Å². The van der Waals surface area contributed by atoms with E-state index in [9.17, 15) is 4.79 Å². The number of ether oxygens (including phenoxy) is 1. The Labute approximate surface area is 102 Å². The van der Waals surface area contributed by atoms with Gasteiger partial charge in [-0.3, -0.25) is 4.79 Å². The maximum atomic E-state index is 11.3. The summed E-state index contributed by atoms with van der Waals surface area (Å²) >= 11 is 2.08. The van der Waals surface area contributed by atoms with Gasteiger partial charge < -0.3 is 9.64 Å². The summed E-state index contributed by atoms with van der Waals surface area (Å²) < 4.78 is 9.22. The molecule has 1 amide bonds. The van der Waals surface area contributed by atoms with Crippen molar-refractivity contribution in [3.8, 4) is 17.5 Å². The molecular formula is C9H11N3O2S2. The van der Waals surface area contributed by atoms with Gasteiger partial charge in [-0.2, -0.15) is 9.36 Å². The molecule has 0 radical (unpaired) electrons. The first-order chi connectivity index (χ1) is 7.63. The number of thioether (sulfide) groups is 1. The van der Waals surface area contributed by atoms with E-state index in [4.69, 9.17) is 11.2 Å². The molecule has 16 heavy (non-hydrogen) atoms. The van der Waals surface area contributed by atoms with Crippen LogP contribution in [-0.4, -0.2) is 40.2 Å². The highest BCUT2D eigenvalue weighted by Gasteiger charge is 2.12. The van der Waals surface area contributed by atoms with Crippen LogP contribution < -0.4 is 4.74 Å². The van der Waals surface area contributed by atoms with Crippen LogP contribution in [0.25, 0.3) is 0 Å². The minimum absolute atomic E-state index is 0.118. The highest BCUT2D eigenvalue weighted by molar-refractivity contribution is 8.13. The zero-order valence-electron chi connectivity index (χ0n) is 8.97. The number of carbonyl (C=O) groups is 1. The van der Waals surface area contributed by atoms with Gasteiger partial charge >= 0.3 is 0 Å². The molecule has 0 saturated heterocycles. The normalized spacial score (nSPS) is 9.56. The number of rotatable bonds is 4. The van der Waals surface area contributed by atoms with Crippen LogP contribution in [0.5, 0.6) is 5.19 Å². The van der Waals surface area contributed by atoms with Crippen LogP contribution in [0.4, 0.5) is 4.79 Å². The molecule has 0 bridgehead atoms. The number of nitrogens with zero attached hydrogens (tertiary/aromatic N) is 3. The molecular weight excluding hydrogens is 246 g/mol. The van der Waals surface area contributed by atoms with Crippen molar-refractivity contribution in [1.29, 1.82) is 0 Å². The van der Waals surface area contributed by atoms with E-state index >= 15 is 0 Å². The van der Waals surface area contributed by atoms with Gasteiger partial charge in [0.05, 0.1) is 0 Å². The summed E-state index contributed by atoms with van der Waals surface area (Å²) in [7, 11) is 3.35. The lowest BCUT2D eigenvalue weighted by atomic mass is 10.5. The Kier molecular flexibility index (Phi) is 5.08. The number of hydrogen-bond acceptors (Lipinski definition) is 6. The Bertz CT molecular complexity index is 398. The molecule has 0 saturated carbocycles. The second kappa shape index (κ2) is 6.35. The molecule has 0 atom stereocenters. The predicted octanol–water partition coefficient (Wildman–Crippen LogP) is 1.71. The van der Waals surface area contributed by atoms with E-state index in [0.29, 0.717) is 23.4 Å². The quantitative estimate of drug-likeness (QED) is 0.467. The summed E-state index contributed by atoms with van der Waals surface area (Å²) in [5.41, 5.74) is 0. The van der Waals surface area contributed by atoms with E-state index in [1.54, 1.807) is 14.1 Å². The van der Waals surface area contributed by atoms with Crippen molar-refractivity contribution in [2.75, 3.05) is 20.7 Å². The van der Waals surface area contributed by atoms with E-state index in [1.165, 1.54) is 4.90 Å². The summed E-state index contributed by atoms with van der Waals surface area (Å²) in [5, 5.41) is 0.719. The second-order valence-electron chi connectivity index (χ2n) is 2.91. The van der Waals surface area contributed by atoms with Gasteiger partial charge in [0.2, 0.25) is 5.16 Å². The third-order valence-corrected chi connectivity index (χ3v) is 3.05. The van der Waals surface area contributed by atoms with E-state index in [0.717, 1.165) is 23.3 Å². The van der Waals surface area contributed by atoms with Crippen LogP contribution in [0.1, 0.15) is 6.42 Å². The SMILES string of the molecule is C#CCCOc1nc(SC(=O)N(C)C)ns1. The molecule has 1 heterocycles. The zero-order chi connectivity index (χ0) is 12.0. The Morgan fingerprint density at radius 2 is 2.44 bits per heavy atom. The molecule has 0 aliphatic carbocycles. The van der Waals surface area contributed by atoms with Gasteiger partial charge in [0.1, 0.15) is 6.61 Å². The topological polar surface area (TPSA) is 55.3 Å². The third-order valence-electron chi connectivity index (χ3n) is 1.40. The smallest absolute Gasteiger partial charge is 0.294 e. The number of carbonyl (C=O) groups excluding carboxylic acids is 1. The van der Waals surface area contributed by atoms with Crippen molar-refractivity contribution in [3.05, 3.63) is 0 Å². The summed E-state index contributed by atoms with van der Waals surface area (Å²) in [5.74, 6) is 2.46. The molecule has 5 nitrogen and oxygen atoms in total. The predicted molar refractivity (Wildman–Crippen MR) is 63.8 cm³/mol. The fourth-order valence-corrected chi connectivity index (χ4v) is 1.91. The fourth-order valence-electron chi connectivity index (χ4n) is 0.664. The molecule has 0 aliphatic rings. The first-order valence-electron chi connectivity index (χ1n) is 4.42. The van der Waals surface area contributed by atoms with Crippen LogP contribution >= 0.6 is 23.3 Å². The van der Waals surface area contributed by atoms with Gasteiger partial charge in [0.15, 0.2) is 0 Å². The molecule has 86 valence electrons. The molecule has 0 N–H and O–H groups in total. The average Bonchev–Trinajstić information content (AvgIpc) is 2.66. The number of aromatic nitrogens is 2. The van der Waals surface area contributed by atoms with Crippen molar-refractivity contribution in [3.63, 3.8) is 0 Å². The first-order valence-corrected chi connectivity index (χ1v) is 6.01. The van der Waals surface area contributed by atoms with Gasteiger partial charge in [-0.15, -0.1) is 12.3 Å². The standard InChI is InChI=1S/C9H11N3O2S2/c1-4-5-6-14-8-10-7(11-16-8)15-9(13)12(2)3/h1H,5-6H2,2-3H3. The molecule has 7 heteroatoms. The minimum Gasteiger partial charge on any atom is -0.468 e. The van der Waals surface area contributed by atoms with E-state index < -0.39 is 0 Å². The summed E-state index contributed by atoms with van der Waals surface area (Å²) in [6.45, 7) is 0.414. The lowest BCUT2D eigenvalue weighted by molar-refractivity contribution is 0.241. The Hall–Kier alpha value is -1.26. The van der Waals surface area contributed by atoms with Gasteiger partial charge in [-0.05, 0) is 0 Å². The summed E-state index contributed by atoms with van der Waals surface area (Å²) in [6, 6.07) is 0. The first kappa shape index (κ1) is 12.8. The van der Waals surface area contributed by atoms with Crippen molar-refractivity contribution >= 4 is 28.5 Å². The molecule has 0 unspecified atom stereocenters. The summed E-state index contributed by atoms with van der Waals surface area (Å²) in [4.78, 5) is 16.8. The molecule has 0 aliphatic heterocycles. The Morgan fingerprint density at radius 1 is 1.69 bits per heavy atom. The molecule has 0 spiro atoms. The molecule has 1 aromatic rings.